The Hall–Kier alpha value is -3.15. The zero-order chi connectivity index (χ0) is 20.4. The molecule has 1 amide bonds. The van der Waals surface area contributed by atoms with Gasteiger partial charge in [0, 0.05) is 37.6 Å². The number of benzene rings is 1. The fourth-order valence-electron chi connectivity index (χ4n) is 4.03. The Bertz CT molecular complexity index is 1040. The summed E-state index contributed by atoms with van der Waals surface area (Å²) in [5.41, 5.74) is 10.5. The van der Waals surface area contributed by atoms with Crippen LogP contribution in [0.25, 0.3) is 16.6 Å². The predicted molar refractivity (Wildman–Crippen MR) is 116 cm³/mol. The summed E-state index contributed by atoms with van der Waals surface area (Å²) in [6.07, 6.45) is 7.38. The first kappa shape index (κ1) is 19.2. The molecule has 29 heavy (non-hydrogen) atoms. The van der Waals surface area contributed by atoms with E-state index in [1.807, 2.05) is 61.5 Å². The number of carbonyl (C=O) groups is 1. The first-order valence-electron chi connectivity index (χ1n) is 10.1. The SMILES string of the molecule is C/C(=C/C(=O)N1CCC(Cn2c(C)nc3cnccc32)CC1)c1ccc(N)cc1. The van der Waals surface area contributed by atoms with Gasteiger partial charge < -0.3 is 15.2 Å². The minimum Gasteiger partial charge on any atom is -0.399 e. The molecule has 1 fully saturated rings. The third-order valence-corrected chi connectivity index (χ3v) is 5.81. The van der Waals surface area contributed by atoms with E-state index >= 15 is 0 Å². The summed E-state index contributed by atoms with van der Waals surface area (Å²) in [6.45, 7) is 6.54. The van der Waals surface area contributed by atoms with Gasteiger partial charge in [-0.15, -0.1) is 0 Å². The van der Waals surface area contributed by atoms with E-state index in [9.17, 15) is 4.79 Å². The number of likely N-dealkylation sites (tertiary alicyclic amines) is 1. The zero-order valence-electron chi connectivity index (χ0n) is 17.0. The smallest absolute Gasteiger partial charge is 0.246 e. The van der Waals surface area contributed by atoms with Gasteiger partial charge in [-0.2, -0.15) is 0 Å². The highest BCUT2D eigenvalue weighted by atomic mass is 16.2. The Kier molecular flexibility index (Phi) is 5.34. The van der Waals surface area contributed by atoms with E-state index in [2.05, 4.69) is 14.5 Å². The lowest BCUT2D eigenvalue weighted by Crippen LogP contribution is -2.38. The second kappa shape index (κ2) is 8.07. The van der Waals surface area contributed by atoms with Crippen LogP contribution in [0.1, 0.15) is 31.2 Å². The molecule has 6 nitrogen and oxygen atoms in total. The lowest BCUT2D eigenvalue weighted by Gasteiger charge is -2.32. The van der Waals surface area contributed by atoms with Gasteiger partial charge in [-0.1, -0.05) is 12.1 Å². The van der Waals surface area contributed by atoms with Crippen molar-refractivity contribution < 1.29 is 4.79 Å². The van der Waals surface area contributed by atoms with E-state index in [1.165, 1.54) is 0 Å². The van der Waals surface area contributed by atoms with Crippen molar-refractivity contribution in [2.24, 2.45) is 5.92 Å². The number of anilines is 1. The topological polar surface area (TPSA) is 77.0 Å². The molecule has 6 heteroatoms. The van der Waals surface area contributed by atoms with E-state index in [0.717, 1.165) is 66.2 Å². The molecule has 2 aromatic heterocycles. The summed E-state index contributed by atoms with van der Waals surface area (Å²) in [7, 11) is 0. The van der Waals surface area contributed by atoms with Gasteiger partial charge in [0.25, 0.3) is 0 Å². The average molecular weight is 390 g/mol. The number of allylic oxidation sites excluding steroid dienone is 1. The third kappa shape index (κ3) is 4.16. The number of amides is 1. The molecule has 1 saturated heterocycles. The Labute approximate surface area is 171 Å². The second-order valence-corrected chi connectivity index (χ2v) is 7.85. The van der Waals surface area contributed by atoms with Gasteiger partial charge in [-0.05, 0) is 61.9 Å². The minimum atomic E-state index is 0.0908. The monoisotopic (exact) mass is 389 g/mol. The molecule has 0 atom stereocenters. The molecule has 0 bridgehead atoms. The first-order chi connectivity index (χ1) is 14.0. The van der Waals surface area contributed by atoms with Crippen LogP contribution in [0.15, 0.2) is 48.8 Å². The van der Waals surface area contributed by atoms with Crippen LogP contribution >= 0.6 is 0 Å². The van der Waals surface area contributed by atoms with Crippen molar-refractivity contribution >= 4 is 28.2 Å². The maximum atomic E-state index is 12.7. The molecule has 150 valence electrons. The number of aryl methyl sites for hydroxylation is 1. The Morgan fingerprint density at radius 2 is 1.93 bits per heavy atom. The van der Waals surface area contributed by atoms with Gasteiger partial charge in [0.1, 0.15) is 11.3 Å². The highest BCUT2D eigenvalue weighted by molar-refractivity contribution is 5.95. The number of carbonyl (C=O) groups excluding carboxylic acids is 1. The molecule has 1 aromatic carbocycles. The summed E-state index contributed by atoms with van der Waals surface area (Å²) in [6, 6.07) is 9.65. The fraction of sp³-hybridized carbons (Fsp3) is 0.348. The maximum Gasteiger partial charge on any atom is 0.246 e. The Morgan fingerprint density at radius 1 is 1.21 bits per heavy atom. The maximum absolute atomic E-state index is 12.7. The van der Waals surface area contributed by atoms with Crippen molar-refractivity contribution in [1.29, 1.82) is 0 Å². The van der Waals surface area contributed by atoms with E-state index in [0.29, 0.717) is 5.92 Å². The molecule has 1 aliphatic heterocycles. The van der Waals surface area contributed by atoms with Crippen LogP contribution in [0, 0.1) is 12.8 Å². The van der Waals surface area contributed by atoms with E-state index in [4.69, 9.17) is 5.73 Å². The van der Waals surface area contributed by atoms with Crippen molar-refractivity contribution in [2.75, 3.05) is 18.8 Å². The lowest BCUT2D eigenvalue weighted by atomic mass is 9.96. The number of imidazole rings is 1. The summed E-state index contributed by atoms with van der Waals surface area (Å²) in [5.74, 6) is 1.66. The van der Waals surface area contributed by atoms with Gasteiger partial charge in [0.2, 0.25) is 5.91 Å². The van der Waals surface area contributed by atoms with Gasteiger partial charge in [-0.25, -0.2) is 4.98 Å². The summed E-state index contributed by atoms with van der Waals surface area (Å²) >= 11 is 0. The number of pyridine rings is 1. The van der Waals surface area contributed by atoms with Crippen LogP contribution in [0.5, 0.6) is 0 Å². The summed E-state index contributed by atoms with van der Waals surface area (Å²) < 4.78 is 2.28. The Morgan fingerprint density at radius 3 is 2.66 bits per heavy atom. The zero-order valence-corrected chi connectivity index (χ0v) is 17.0. The molecule has 2 N–H and O–H groups in total. The number of hydrogen-bond donors (Lipinski definition) is 1. The quantitative estimate of drug-likeness (QED) is 0.546. The average Bonchev–Trinajstić information content (AvgIpc) is 3.04. The normalized spacial score (nSPS) is 15.8. The number of fused-ring (bicyclic) bond motifs is 1. The highest BCUT2D eigenvalue weighted by Gasteiger charge is 2.23. The molecular weight excluding hydrogens is 362 g/mol. The van der Waals surface area contributed by atoms with Gasteiger partial charge in [0.15, 0.2) is 0 Å². The number of nitrogens with two attached hydrogens (primary N) is 1. The van der Waals surface area contributed by atoms with Crippen molar-refractivity contribution in [3.05, 3.63) is 60.2 Å². The van der Waals surface area contributed by atoms with Crippen LogP contribution in [0.4, 0.5) is 5.69 Å². The number of aromatic nitrogens is 3. The van der Waals surface area contributed by atoms with Crippen molar-refractivity contribution in [3.63, 3.8) is 0 Å². The van der Waals surface area contributed by atoms with Gasteiger partial charge in [0.05, 0.1) is 11.7 Å². The fourth-order valence-corrected chi connectivity index (χ4v) is 4.03. The number of rotatable bonds is 4. The van der Waals surface area contributed by atoms with Crippen LogP contribution in [-0.2, 0) is 11.3 Å². The molecule has 0 spiro atoms. The second-order valence-electron chi connectivity index (χ2n) is 7.85. The molecule has 1 aliphatic rings. The van der Waals surface area contributed by atoms with Crippen molar-refractivity contribution in [1.82, 2.24) is 19.4 Å². The van der Waals surface area contributed by atoms with Crippen molar-refractivity contribution in [3.8, 4) is 0 Å². The van der Waals surface area contributed by atoms with Gasteiger partial charge >= 0.3 is 0 Å². The molecule has 0 aliphatic carbocycles. The molecule has 0 radical (unpaired) electrons. The van der Waals surface area contributed by atoms with Crippen LogP contribution in [0.2, 0.25) is 0 Å². The molecule has 3 aromatic rings. The van der Waals surface area contributed by atoms with Crippen molar-refractivity contribution in [2.45, 2.75) is 33.2 Å². The highest BCUT2D eigenvalue weighted by Crippen LogP contribution is 2.24. The number of piperidine rings is 1. The van der Waals surface area contributed by atoms with E-state index in [-0.39, 0.29) is 5.91 Å². The summed E-state index contributed by atoms with van der Waals surface area (Å²) in [4.78, 5) is 23.4. The summed E-state index contributed by atoms with van der Waals surface area (Å²) in [5, 5.41) is 0. The largest absolute Gasteiger partial charge is 0.399 e. The van der Waals surface area contributed by atoms with Crippen LogP contribution < -0.4 is 5.73 Å². The van der Waals surface area contributed by atoms with E-state index < -0.39 is 0 Å². The van der Waals surface area contributed by atoms with E-state index in [1.54, 1.807) is 6.08 Å². The molecule has 3 heterocycles. The number of nitrogen functional groups attached to an aromatic ring is 1. The first-order valence-corrected chi connectivity index (χ1v) is 10.1. The lowest BCUT2D eigenvalue weighted by molar-refractivity contribution is -0.127. The standard InChI is InChI=1S/C23H27N5O/c1-16(19-3-5-20(24)6-4-19)13-23(29)27-11-8-18(9-12-27)15-28-17(2)26-21-14-25-10-7-22(21)28/h3-7,10,13-14,18H,8-9,11-12,15,24H2,1-2H3/b16-13-. The predicted octanol–water partition coefficient (Wildman–Crippen LogP) is 3.66. The van der Waals surface area contributed by atoms with Crippen LogP contribution in [-0.4, -0.2) is 38.4 Å². The molecule has 0 unspecified atom stereocenters. The molecule has 0 saturated carbocycles. The minimum absolute atomic E-state index is 0.0908. The molecule has 4 rings (SSSR count). The third-order valence-electron chi connectivity index (χ3n) is 5.81. The van der Waals surface area contributed by atoms with Gasteiger partial charge in [-0.3, -0.25) is 9.78 Å². The Balaban J connectivity index is 1.37. The number of hydrogen-bond acceptors (Lipinski definition) is 4. The number of nitrogens with zero attached hydrogens (tertiary/aromatic N) is 4. The molecular formula is C23H27N5O. The van der Waals surface area contributed by atoms with Crippen LogP contribution in [0.3, 0.4) is 0 Å².